The van der Waals surface area contributed by atoms with E-state index in [1.54, 1.807) is 24.3 Å². The van der Waals surface area contributed by atoms with E-state index in [-0.39, 0.29) is 6.61 Å². The Hall–Kier alpha value is -2.77. The van der Waals surface area contributed by atoms with Gasteiger partial charge < -0.3 is 20.9 Å². The fraction of sp³-hybridized carbons (Fsp3) is 0.429. The highest BCUT2D eigenvalue weighted by molar-refractivity contribution is 5.72. The summed E-state index contributed by atoms with van der Waals surface area (Å²) in [5.41, 5.74) is 13.2. The zero-order chi connectivity index (χ0) is 17.1. The summed E-state index contributed by atoms with van der Waals surface area (Å²) in [6.45, 7) is 0.393. The molecule has 1 unspecified atom stereocenters. The topological polar surface area (TPSA) is 152 Å². The summed E-state index contributed by atoms with van der Waals surface area (Å²) in [6.07, 6.45) is 0.989. The normalized spacial score (nSPS) is 11.2. The smallest absolute Gasteiger partial charge is 0.407 e. The number of carbonyl (C=O) groups is 2. The average Bonchev–Trinajstić information content (AvgIpc) is 2.53. The van der Waals surface area contributed by atoms with Crippen molar-refractivity contribution in [3.63, 3.8) is 0 Å². The molecule has 0 heterocycles. The molecule has 9 heteroatoms. The van der Waals surface area contributed by atoms with Crippen molar-refractivity contribution in [2.75, 3.05) is 6.54 Å². The van der Waals surface area contributed by atoms with Gasteiger partial charge in [-0.1, -0.05) is 18.2 Å². The van der Waals surface area contributed by atoms with Gasteiger partial charge in [0.1, 0.15) is 18.2 Å². The number of hydrogen-bond acceptors (Lipinski definition) is 6. The molecular weight excluding hydrogens is 302 g/mol. The number of aliphatic carboxylic acids is 1. The molecule has 0 aliphatic carbocycles. The number of nitrogens with zero attached hydrogens (tertiary/aromatic N) is 2. The standard InChI is InChI=1S/C14H19N5O4/c15-11(13(20)21)6-3-4-8-17-14(22)23-9-10-5-1-2-7-12(10)18-19-16/h1-2,5,7,11,16H,3-4,6,8-9,15H2,(H-,17,20,21,22)/p+1. The maximum Gasteiger partial charge on any atom is 0.407 e. The summed E-state index contributed by atoms with van der Waals surface area (Å²) >= 11 is 0. The van der Waals surface area contributed by atoms with Crippen LogP contribution in [0, 0.1) is 5.53 Å². The highest BCUT2D eigenvalue weighted by Crippen LogP contribution is 2.18. The van der Waals surface area contributed by atoms with E-state index in [2.05, 4.69) is 15.3 Å². The molecule has 1 aromatic carbocycles. The van der Waals surface area contributed by atoms with Crippen LogP contribution in [0.25, 0.3) is 0 Å². The Morgan fingerprint density at radius 3 is 2.83 bits per heavy atom. The Morgan fingerprint density at radius 2 is 2.13 bits per heavy atom. The predicted octanol–water partition coefficient (Wildman–Crippen LogP) is 1.68. The van der Waals surface area contributed by atoms with Gasteiger partial charge in [0.25, 0.3) is 0 Å². The van der Waals surface area contributed by atoms with Crippen molar-refractivity contribution >= 4 is 17.7 Å². The molecule has 1 atom stereocenters. The lowest BCUT2D eigenvalue weighted by molar-refractivity contribution is -0.138. The van der Waals surface area contributed by atoms with Gasteiger partial charge in [-0.05, 0) is 25.3 Å². The second-order valence-corrected chi connectivity index (χ2v) is 4.77. The van der Waals surface area contributed by atoms with Crippen LogP contribution < -0.4 is 16.0 Å². The molecule has 5 N–H and O–H groups in total. The van der Waals surface area contributed by atoms with Gasteiger partial charge >= 0.3 is 12.1 Å². The maximum absolute atomic E-state index is 11.5. The molecule has 1 aromatic rings. The molecule has 124 valence electrons. The summed E-state index contributed by atoms with van der Waals surface area (Å²) in [7, 11) is 0. The first-order valence-corrected chi connectivity index (χ1v) is 7.09. The Labute approximate surface area is 133 Å². The van der Waals surface area contributed by atoms with E-state index < -0.39 is 18.1 Å². The first-order chi connectivity index (χ1) is 11.0. The molecule has 0 radical (unpaired) electrons. The second-order valence-electron chi connectivity index (χ2n) is 4.77. The molecule has 1 amide bonds. The number of alkyl carbamates (subject to hydrolysis) is 1. The highest BCUT2D eigenvalue weighted by atomic mass is 16.5. The summed E-state index contributed by atoms with van der Waals surface area (Å²) in [5.74, 6) is -1.03. The van der Waals surface area contributed by atoms with Crippen molar-refractivity contribution < 1.29 is 19.4 Å². The van der Waals surface area contributed by atoms with Gasteiger partial charge in [0.2, 0.25) is 4.91 Å². The minimum atomic E-state index is -1.03. The van der Waals surface area contributed by atoms with Crippen molar-refractivity contribution in [2.24, 2.45) is 10.8 Å². The first kappa shape index (κ1) is 18.3. The summed E-state index contributed by atoms with van der Waals surface area (Å²) < 4.78 is 5.05. The number of nitrogens with one attached hydrogen (secondary N) is 2. The summed E-state index contributed by atoms with van der Waals surface area (Å²) in [6, 6.07) is 6.04. The first-order valence-electron chi connectivity index (χ1n) is 7.09. The van der Waals surface area contributed by atoms with Crippen molar-refractivity contribution in [2.45, 2.75) is 31.9 Å². The molecule has 0 saturated carbocycles. The zero-order valence-corrected chi connectivity index (χ0v) is 12.6. The number of hydrogen-bond donors (Lipinski definition) is 4. The minimum absolute atomic E-state index is 0.0188. The lowest BCUT2D eigenvalue weighted by atomic mass is 10.1. The lowest BCUT2D eigenvalue weighted by Crippen LogP contribution is -2.30. The van der Waals surface area contributed by atoms with Gasteiger partial charge in [0.05, 0.1) is 0 Å². The van der Waals surface area contributed by atoms with Crippen LogP contribution >= 0.6 is 0 Å². The van der Waals surface area contributed by atoms with E-state index in [0.29, 0.717) is 37.1 Å². The Balaban J connectivity index is 2.25. The van der Waals surface area contributed by atoms with E-state index in [1.165, 1.54) is 0 Å². The molecular formula is C14H20N5O4+. The Bertz CT molecular complexity index is 586. The number of benzene rings is 1. The van der Waals surface area contributed by atoms with Gasteiger partial charge in [-0.25, -0.2) is 4.79 Å². The number of nitrogens with two attached hydrogens (primary N) is 1. The van der Waals surface area contributed by atoms with Crippen LogP contribution in [0.5, 0.6) is 0 Å². The molecule has 0 aliphatic rings. The molecule has 0 saturated heterocycles. The number of ether oxygens (including phenoxy) is 1. The van der Waals surface area contributed by atoms with Gasteiger partial charge in [-0.15, -0.1) is 0 Å². The van der Waals surface area contributed by atoms with Crippen LogP contribution in [-0.2, 0) is 16.1 Å². The van der Waals surface area contributed by atoms with Gasteiger partial charge in [-0.3, -0.25) is 4.79 Å². The maximum atomic E-state index is 11.5. The van der Waals surface area contributed by atoms with Gasteiger partial charge in [0, 0.05) is 12.1 Å². The van der Waals surface area contributed by atoms with Gasteiger partial charge in [-0.2, -0.15) is 0 Å². The van der Waals surface area contributed by atoms with Crippen molar-refractivity contribution in [3.8, 4) is 0 Å². The number of carbonyl (C=O) groups excluding carboxylic acids is 1. The molecule has 0 aliphatic heterocycles. The van der Waals surface area contributed by atoms with Crippen LogP contribution in [0.2, 0.25) is 0 Å². The third-order valence-electron chi connectivity index (χ3n) is 3.04. The van der Waals surface area contributed by atoms with Crippen molar-refractivity contribution in [1.82, 2.24) is 10.2 Å². The Morgan fingerprint density at radius 1 is 1.39 bits per heavy atom. The zero-order valence-electron chi connectivity index (χ0n) is 12.6. The van der Waals surface area contributed by atoms with Crippen LogP contribution in [0.15, 0.2) is 29.4 Å². The molecule has 0 bridgehead atoms. The van der Waals surface area contributed by atoms with Crippen LogP contribution in [0.3, 0.4) is 0 Å². The molecule has 9 nitrogen and oxygen atoms in total. The second kappa shape index (κ2) is 10.0. The van der Waals surface area contributed by atoms with Crippen molar-refractivity contribution in [3.05, 3.63) is 29.8 Å². The summed E-state index contributed by atoms with van der Waals surface area (Å²) in [5, 5.41) is 14.8. The molecule has 1 rings (SSSR count). The minimum Gasteiger partial charge on any atom is -0.480 e. The quantitative estimate of drug-likeness (QED) is 0.309. The van der Waals surface area contributed by atoms with Crippen LogP contribution in [-0.4, -0.2) is 29.8 Å². The molecule has 0 spiro atoms. The number of unbranched alkanes of at least 4 members (excludes halogenated alkanes) is 1. The highest BCUT2D eigenvalue weighted by Gasteiger charge is 2.11. The van der Waals surface area contributed by atoms with E-state index in [1.807, 2.05) is 0 Å². The summed E-state index contributed by atoms with van der Waals surface area (Å²) in [4.78, 5) is 25.0. The van der Waals surface area contributed by atoms with Crippen LogP contribution in [0.1, 0.15) is 24.8 Å². The Kier molecular flexibility index (Phi) is 7.98. The number of carboxylic acid groups (broad SMARTS) is 1. The number of carboxylic acids is 1. The number of amides is 1. The van der Waals surface area contributed by atoms with Crippen molar-refractivity contribution in [1.29, 1.82) is 5.53 Å². The van der Waals surface area contributed by atoms with E-state index in [9.17, 15) is 9.59 Å². The van der Waals surface area contributed by atoms with Gasteiger partial charge in [0.15, 0.2) is 10.8 Å². The largest absolute Gasteiger partial charge is 0.480 e. The number of rotatable bonds is 9. The van der Waals surface area contributed by atoms with E-state index >= 15 is 0 Å². The van der Waals surface area contributed by atoms with E-state index in [4.69, 9.17) is 21.1 Å². The third kappa shape index (κ3) is 7.16. The monoisotopic (exact) mass is 322 g/mol. The fourth-order valence-corrected chi connectivity index (χ4v) is 1.78. The predicted molar refractivity (Wildman–Crippen MR) is 81.0 cm³/mol. The third-order valence-corrected chi connectivity index (χ3v) is 3.04. The molecule has 23 heavy (non-hydrogen) atoms. The van der Waals surface area contributed by atoms with Crippen LogP contribution in [0.4, 0.5) is 10.5 Å². The average molecular weight is 322 g/mol. The lowest BCUT2D eigenvalue weighted by Gasteiger charge is -2.08. The SMILES string of the molecule is N=[N+]=Nc1ccccc1COC(=O)NCCCCC(N)C(=O)O. The molecule has 0 fully saturated rings. The molecule has 0 aromatic heterocycles. The van der Waals surface area contributed by atoms with E-state index in [0.717, 1.165) is 0 Å². The fourth-order valence-electron chi connectivity index (χ4n) is 1.78.